The smallest absolute Gasteiger partial charge is 0.335 e. The molecule has 0 spiro atoms. The number of piperidine rings is 1. The Kier molecular flexibility index (Phi) is 5.33. The molecule has 2 aromatic rings. The lowest BCUT2D eigenvalue weighted by Gasteiger charge is -2.32. The molecule has 0 aliphatic carbocycles. The lowest BCUT2D eigenvalue weighted by molar-refractivity contribution is 0.0697. The molecule has 0 saturated carbocycles. The van der Waals surface area contributed by atoms with Gasteiger partial charge in [0.25, 0.3) is 0 Å². The van der Waals surface area contributed by atoms with Gasteiger partial charge < -0.3 is 10.0 Å². The van der Waals surface area contributed by atoms with Crippen LogP contribution in [0.2, 0.25) is 0 Å². The largest absolute Gasteiger partial charge is 0.478 e. The zero-order chi connectivity index (χ0) is 17.6. The molecule has 0 amide bonds. The Bertz CT molecular complexity index is 731. The molecular weight excluding hydrogens is 314 g/mol. The highest BCUT2D eigenvalue weighted by molar-refractivity contribution is 5.88. The third-order valence-electron chi connectivity index (χ3n) is 4.58. The summed E-state index contributed by atoms with van der Waals surface area (Å²) in [6, 6.07) is 14.9. The van der Waals surface area contributed by atoms with Crippen LogP contribution in [0.1, 0.15) is 35.7 Å². The van der Waals surface area contributed by atoms with Crippen LogP contribution in [0.25, 0.3) is 0 Å². The third-order valence-corrected chi connectivity index (χ3v) is 4.58. The molecule has 1 fully saturated rings. The van der Waals surface area contributed by atoms with Gasteiger partial charge in [-0.2, -0.15) is 5.10 Å². The molecule has 2 aromatic carbocycles. The Morgan fingerprint density at radius 2 is 1.76 bits per heavy atom. The second-order valence-corrected chi connectivity index (χ2v) is 6.51. The van der Waals surface area contributed by atoms with Crippen molar-refractivity contribution in [2.75, 3.05) is 23.4 Å². The summed E-state index contributed by atoms with van der Waals surface area (Å²) in [4.78, 5) is 13.2. The van der Waals surface area contributed by atoms with Crippen molar-refractivity contribution in [3.05, 3.63) is 59.7 Å². The van der Waals surface area contributed by atoms with Gasteiger partial charge >= 0.3 is 5.97 Å². The van der Waals surface area contributed by atoms with E-state index in [4.69, 9.17) is 5.11 Å². The van der Waals surface area contributed by atoms with E-state index in [9.17, 15) is 4.79 Å². The number of hydrazone groups is 1. The minimum absolute atomic E-state index is 0.261. The van der Waals surface area contributed by atoms with Gasteiger partial charge in [0.2, 0.25) is 0 Å². The quantitative estimate of drug-likeness (QED) is 0.638. The van der Waals surface area contributed by atoms with Crippen LogP contribution < -0.4 is 10.3 Å². The van der Waals surface area contributed by atoms with Crippen LogP contribution in [-0.4, -0.2) is 30.4 Å². The third kappa shape index (κ3) is 4.59. The number of carboxylic acid groups (broad SMARTS) is 1. The van der Waals surface area contributed by atoms with Crippen molar-refractivity contribution in [1.29, 1.82) is 0 Å². The van der Waals surface area contributed by atoms with Gasteiger partial charge in [-0.15, -0.1) is 0 Å². The summed E-state index contributed by atoms with van der Waals surface area (Å²) in [6.45, 7) is 4.57. The number of anilines is 2. The Labute approximate surface area is 148 Å². The Morgan fingerprint density at radius 1 is 1.12 bits per heavy atom. The van der Waals surface area contributed by atoms with Crippen LogP contribution in [0.4, 0.5) is 11.4 Å². The van der Waals surface area contributed by atoms with Crippen molar-refractivity contribution in [3.63, 3.8) is 0 Å². The van der Waals surface area contributed by atoms with Crippen LogP contribution in [0.5, 0.6) is 0 Å². The predicted octanol–water partition coefficient (Wildman–Crippen LogP) is 4.07. The van der Waals surface area contributed by atoms with Crippen molar-refractivity contribution < 1.29 is 9.90 Å². The van der Waals surface area contributed by atoms with E-state index in [2.05, 4.69) is 46.6 Å². The first-order chi connectivity index (χ1) is 12.1. The topological polar surface area (TPSA) is 64.9 Å². The van der Waals surface area contributed by atoms with Crippen molar-refractivity contribution in [1.82, 2.24) is 0 Å². The second-order valence-electron chi connectivity index (χ2n) is 6.51. The fraction of sp³-hybridized carbons (Fsp3) is 0.300. The van der Waals surface area contributed by atoms with Crippen LogP contribution >= 0.6 is 0 Å². The van der Waals surface area contributed by atoms with Gasteiger partial charge in [0.1, 0.15) is 0 Å². The number of benzene rings is 2. The summed E-state index contributed by atoms with van der Waals surface area (Å²) in [5, 5.41) is 13.1. The molecule has 3 rings (SSSR count). The number of hydrogen-bond donors (Lipinski definition) is 2. The highest BCUT2D eigenvalue weighted by Gasteiger charge is 2.15. The Balaban J connectivity index is 1.55. The van der Waals surface area contributed by atoms with Crippen molar-refractivity contribution in [3.8, 4) is 0 Å². The molecule has 5 nitrogen and oxygen atoms in total. The molecule has 0 aromatic heterocycles. The van der Waals surface area contributed by atoms with Crippen molar-refractivity contribution in [2.45, 2.75) is 19.8 Å². The van der Waals surface area contributed by atoms with Crippen molar-refractivity contribution in [2.24, 2.45) is 11.0 Å². The van der Waals surface area contributed by atoms with Gasteiger partial charge in [0, 0.05) is 18.8 Å². The number of hydrogen-bond acceptors (Lipinski definition) is 4. The van der Waals surface area contributed by atoms with E-state index >= 15 is 0 Å². The molecule has 1 aliphatic rings. The van der Waals surface area contributed by atoms with E-state index in [0.29, 0.717) is 0 Å². The number of carbonyl (C=O) groups is 1. The van der Waals surface area contributed by atoms with Gasteiger partial charge in [-0.25, -0.2) is 4.79 Å². The second kappa shape index (κ2) is 7.83. The van der Waals surface area contributed by atoms with Gasteiger partial charge in [0.15, 0.2) is 0 Å². The van der Waals surface area contributed by atoms with Crippen LogP contribution in [0, 0.1) is 5.92 Å². The summed E-state index contributed by atoms with van der Waals surface area (Å²) in [6.07, 6.45) is 4.27. The maximum atomic E-state index is 10.8. The van der Waals surface area contributed by atoms with E-state index < -0.39 is 5.97 Å². The number of carboxylic acids is 1. The summed E-state index contributed by atoms with van der Waals surface area (Å²) in [5.41, 5.74) is 6.20. The molecule has 0 unspecified atom stereocenters. The maximum Gasteiger partial charge on any atom is 0.335 e. The van der Waals surface area contributed by atoms with E-state index in [1.165, 1.54) is 18.5 Å². The van der Waals surface area contributed by atoms with Crippen LogP contribution in [0.15, 0.2) is 53.6 Å². The molecule has 5 heteroatoms. The monoisotopic (exact) mass is 337 g/mol. The molecule has 130 valence electrons. The van der Waals surface area contributed by atoms with E-state index in [1.54, 1.807) is 30.5 Å². The molecule has 2 N–H and O–H groups in total. The normalized spacial score (nSPS) is 15.5. The van der Waals surface area contributed by atoms with E-state index in [-0.39, 0.29) is 5.56 Å². The maximum absolute atomic E-state index is 10.8. The van der Waals surface area contributed by atoms with Gasteiger partial charge in [0.05, 0.1) is 17.5 Å². The Morgan fingerprint density at radius 3 is 2.36 bits per heavy atom. The lowest BCUT2D eigenvalue weighted by Crippen LogP contribution is -2.32. The first-order valence-corrected chi connectivity index (χ1v) is 8.59. The SMILES string of the molecule is CC1CCN(c2ccc(C=NNc3ccc(C(=O)O)cc3)cc2)CC1. The van der Waals surface area contributed by atoms with E-state index in [0.717, 1.165) is 30.3 Å². The average molecular weight is 337 g/mol. The highest BCUT2D eigenvalue weighted by atomic mass is 16.4. The fourth-order valence-electron chi connectivity index (χ4n) is 2.91. The zero-order valence-corrected chi connectivity index (χ0v) is 14.4. The number of nitrogens with zero attached hydrogens (tertiary/aromatic N) is 2. The fourth-order valence-corrected chi connectivity index (χ4v) is 2.91. The molecule has 0 atom stereocenters. The summed E-state index contributed by atoms with van der Waals surface area (Å²) in [7, 11) is 0. The minimum Gasteiger partial charge on any atom is -0.478 e. The first kappa shape index (κ1) is 17.0. The molecule has 0 bridgehead atoms. The predicted molar refractivity (Wildman–Crippen MR) is 102 cm³/mol. The standard InChI is InChI=1S/C20H23N3O2/c1-15-10-12-23(13-11-15)19-8-2-16(3-9-19)14-21-22-18-6-4-17(5-7-18)20(24)25/h2-9,14-15,22H,10-13H2,1H3,(H,24,25). The zero-order valence-electron chi connectivity index (χ0n) is 14.4. The van der Waals surface area contributed by atoms with Crippen LogP contribution in [-0.2, 0) is 0 Å². The molecule has 25 heavy (non-hydrogen) atoms. The van der Waals surface area contributed by atoms with Gasteiger partial charge in [-0.05, 0) is 60.7 Å². The van der Waals surface area contributed by atoms with Crippen molar-refractivity contribution >= 4 is 23.6 Å². The van der Waals surface area contributed by atoms with E-state index in [1.807, 2.05) is 0 Å². The number of rotatable bonds is 5. The number of nitrogens with one attached hydrogen (secondary N) is 1. The molecule has 1 saturated heterocycles. The molecule has 0 radical (unpaired) electrons. The molecule has 1 heterocycles. The lowest BCUT2D eigenvalue weighted by atomic mass is 9.99. The Hall–Kier alpha value is -2.82. The van der Waals surface area contributed by atoms with Gasteiger partial charge in [-0.3, -0.25) is 5.43 Å². The number of aromatic carboxylic acids is 1. The average Bonchev–Trinajstić information content (AvgIpc) is 2.63. The van der Waals surface area contributed by atoms with Gasteiger partial charge in [-0.1, -0.05) is 19.1 Å². The summed E-state index contributed by atoms with van der Waals surface area (Å²) >= 11 is 0. The molecule has 1 aliphatic heterocycles. The van der Waals surface area contributed by atoms with Crippen LogP contribution in [0.3, 0.4) is 0 Å². The molecular formula is C20H23N3O2. The summed E-state index contributed by atoms with van der Waals surface area (Å²) < 4.78 is 0. The minimum atomic E-state index is -0.932. The first-order valence-electron chi connectivity index (χ1n) is 8.59. The summed E-state index contributed by atoms with van der Waals surface area (Å²) in [5.74, 6) is -0.100. The highest BCUT2D eigenvalue weighted by Crippen LogP contribution is 2.22.